The number of nitrogens with one attached hydrogen (secondary N) is 1. The Morgan fingerprint density at radius 2 is 2.08 bits per heavy atom. The SMILES string of the molecule is CCCN1C(=O)COc2ccc(NC(=O)CC3CCCCC3)cc21. The largest absolute Gasteiger partial charge is 0.482 e. The number of amides is 2. The second-order valence-corrected chi connectivity index (χ2v) is 6.77. The Morgan fingerprint density at radius 1 is 1.29 bits per heavy atom. The van der Waals surface area contributed by atoms with Crippen LogP contribution in [0.25, 0.3) is 0 Å². The molecule has 0 bridgehead atoms. The average Bonchev–Trinajstić information content (AvgIpc) is 2.58. The fourth-order valence-corrected chi connectivity index (χ4v) is 3.61. The molecule has 3 rings (SSSR count). The number of rotatable bonds is 5. The molecule has 1 aromatic carbocycles. The summed E-state index contributed by atoms with van der Waals surface area (Å²) < 4.78 is 5.49. The third kappa shape index (κ3) is 3.89. The van der Waals surface area contributed by atoms with E-state index in [1.165, 1.54) is 19.3 Å². The van der Waals surface area contributed by atoms with Gasteiger partial charge >= 0.3 is 0 Å². The summed E-state index contributed by atoms with van der Waals surface area (Å²) in [6.07, 6.45) is 7.55. The molecule has 1 aliphatic heterocycles. The molecule has 1 N–H and O–H groups in total. The Hall–Kier alpha value is -2.04. The normalized spacial score (nSPS) is 18.0. The molecule has 1 heterocycles. The van der Waals surface area contributed by atoms with Gasteiger partial charge in [0.1, 0.15) is 5.75 Å². The molecule has 1 saturated carbocycles. The Kier molecular flexibility index (Phi) is 5.38. The lowest BCUT2D eigenvalue weighted by Gasteiger charge is -2.29. The van der Waals surface area contributed by atoms with Gasteiger partial charge in [-0.15, -0.1) is 0 Å². The zero-order valence-electron chi connectivity index (χ0n) is 14.3. The number of anilines is 2. The van der Waals surface area contributed by atoms with Crippen molar-refractivity contribution in [3.05, 3.63) is 18.2 Å². The summed E-state index contributed by atoms with van der Waals surface area (Å²) in [6.45, 7) is 2.78. The highest BCUT2D eigenvalue weighted by Gasteiger charge is 2.25. The summed E-state index contributed by atoms with van der Waals surface area (Å²) in [5, 5.41) is 2.98. The predicted octanol–water partition coefficient (Wildman–Crippen LogP) is 3.73. The average molecular weight is 330 g/mol. The molecule has 1 aliphatic carbocycles. The van der Waals surface area contributed by atoms with E-state index in [1.807, 2.05) is 25.1 Å². The lowest BCUT2D eigenvalue weighted by molar-refractivity contribution is -0.121. The smallest absolute Gasteiger partial charge is 0.265 e. The number of carbonyl (C=O) groups is 2. The molecule has 0 spiro atoms. The molecular formula is C19H26N2O3. The highest BCUT2D eigenvalue weighted by molar-refractivity contribution is 5.99. The summed E-state index contributed by atoms with van der Waals surface area (Å²) in [6, 6.07) is 5.53. The van der Waals surface area contributed by atoms with Crippen LogP contribution in [0.2, 0.25) is 0 Å². The van der Waals surface area contributed by atoms with Gasteiger partial charge in [0.15, 0.2) is 6.61 Å². The molecule has 0 aromatic heterocycles. The van der Waals surface area contributed by atoms with Crippen LogP contribution in [0.5, 0.6) is 5.75 Å². The van der Waals surface area contributed by atoms with Crippen LogP contribution >= 0.6 is 0 Å². The maximum absolute atomic E-state index is 12.3. The molecule has 5 nitrogen and oxygen atoms in total. The van der Waals surface area contributed by atoms with Crippen molar-refractivity contribution in [1.29, 1.82) is 0 Å². The van der Waals surface area contributed by atoms with Gasteiger partial charge in [-0.3, -0.25) is 9.59 Å². The highest BCUT2D eigenvalue weighted by atomic mass is 16.5. The van der Waals surface area contributed by atoms with Crippen molar-refractivity contribution >= 4 is 23.2 Å². The lowest BCUT2D eigenvalue weighted by atomic mass is 9.87. The van der Waals surface area contributed by atoms with E-state index in [1.54, 1.807) is 4.90 Å². The van der Waals surface area contributed by atoms with E-state index >= 15 is 0 Å². The first kappa shape index (κ1) is 16.8. The molecule has 24 heavy (non-hydrogen) atoms. The van der Waals surface area contributed by atoms with Crippen LogP contribution in [-0.4, -0.2) is 25.0 Å². The molecule has 0 atom stereocenters. The standard InChI is InChI=1S/C19H26N2O3/c1-2-10-21-16-12-15(8-9-17(16)24-13-19(21)23)20-18(22)11-14-6-4-3-5-7-14/h8-9,12,14H,2-7,10-11,13H2,1H3,(H,20,22). The zero-order chi connectivity index (χ0) is 16.9. The second-order valence-electron chi connectivity index (χ2n) is 6.77. The summed E-state index contributed by atoms with van der Waals surface area (Å²) in [4.78, 5) is 26.1. The molecule has 0 unspecified atom stereocenters. The van der Waals surface area contributed by atoms with Crippen molar-refractivity contribution in [2.75, 3.05) is 23.4 Å². The summed E-state index contributed by atoms with van der Waals surface area (Å²) in [5.41, 5.74) is 1.48. The first-order valence-corrected chi connectivity index (χ1v) is 9.04. The van der Waals surface area contributed by atoms with E-state index in [2.05, 4.69) is 5.32 Å². The third-order valence-electron chi connectivity index (χ3n) is 4.83. The number of carbonyl (C=O) groups excluding carboxylic acids is 2. The highest BCUT2D eigenvalue weighted by Crippen LogP contribution is 2.35. The maximum atomic E-state index is 12.3. The van der Waals surface area contributed by atoms with Crippen LogP contribution in [0.1, 0.15) is 51.9 Å². The minimum atomic E-state index is -0.0324. The van der Waals surface area contributed by atoms with Crippen molar-refractivity contribution in [2.24, 2.45) is 5.92 Å². The molecule has 2 aliphatic rings. The Balaban J connectivity index is 1.68. The van der Waals surface area contributed by atoms with Gasteiger partial charge in [-0.1, -0.05) is 26.2 Å². The molecule has 130 valence electrons. The Labute approximate surface area is 143 Å². The minimum Gasteiger partial charge on any atom is -0.482 e. The van der Waals surface area contributed by atoms with Gasteiger partial charge in [0.2, 0.25) is 5.91 Å². The van der Waals surface area contributed by atoms with Crippen LogP contribution in [0.15, 0.2) is 18.2 Å². The van der Waals surface area contributed by atoms with Gasteiger partial charge in [0, 0.05) is 18.7 Å². The molecular weight excluding hydrogens is 304 g/mol. The number of hydrogen-bond acceptors (Lipinski definition) is 3. The molecule has 2 amide bonds. The Morgan fingerprint density at radius 3 is 2.83 bits per heavy atom. The number of ether oxygens (including phenoxy) is 1. The first-order valence-electron chi connectivity index (χ1n) is 9.04. The predicted molar refractivity (Wildman–Crippen MR) is 94.4 cm³/mol. The lowest BCUT2D eigenvalue weighted by Crippen LogP contribution is -2.39. The maximum Gasteiger partial charge on any atom is 0.265 e. The van der Waals surface area contributed by atoms with Crippen LogP contribution in [0.4, 0.5) is 11.4 Å². The van der Waals surface area contributed by atoms with E-state index in [-0.39, 0.29) is 18.4 Å². The van der Waals surface area contributed by atoms with Crippen molar-refractivity contribution < 1.29 is 14.3 Å². The molecule has 1 aromatic rings. The first-order chi connectivity index (χ1) is 11.7. The van der Waals surface area contributed by atoms with E-state index in [9.17, 15) is 9.59 Å². The van der Waals surface area contributed by atoms with E-state index < -0.39 is 0 Å². The van der Waals surface area contributed by atoms with E-state index in [0.717, 1.165) is 30.6 Å². The number of fused-ring (bicyclic) bond motifs is 1. The Bertz CT molecular complexity index is 609. The van der Waals surface area contributed by atoms with Gasteiger partial charge in [-0.05, 0) is 43.4 Å². The zero-order valence-corrected chi connectivity index (χ0v) is 14.3. The monoisotopic (exact) mass is 330 g/mol. The van der Waals surface area contributed by atoms with Gasteiger partial charge in [0.25, 0.3) is 5.91 Å². The number of benzene rings is 1. The van der Waals surface area contributed by atoms with E-state index in [0.29, 0.717) is 24.6 Å². The van der Waals surface area contributed by atoms with Crippen LogP contribution in [0.3, 0.4) is 0 Å². The fraction of sp³-hybridized carbons (Fsp3) is 0.579. The molecule has 0 radical (unpaired) electrons. The number of hydrogen-bond donors (Lipinski definition) is 1. The van der Waals surface area contributed by atoms with E-state index in [4.69, 9.17) is 4.74 Å². The van der Waals surface area contributed by atoms with Gasteiger partial charge in [-0.2, -0.15) is 0 Å². The van der Waals surface area contributed by atoms with Gasteiger partial charge in [-0.25, -0.2) is 0 Å². The van der Waals surface area contributed by atoms with Gasteiger partial charge < -0.3 is 15.0 Å². The summed E-state index contributed by atoms with van der Waals surface area (Å²) in [7, 11) is 0. The topological polar surface area (TPSA) is 58.6 Å². The fourth-order valence-electron chi connectivity index (χ4n) is 3.61. The molecule has 1 fully saturated rings. The quantitative estimate of drug-likeness (QED) is 0.895. The van der Waals surface area contributed by atoms with Crippen LogP contribution < -0.4 is 15.0 Å². The number of nitrogens with zero attached hydrogens (tertiary/aromatic N) is 1. The third-order valence-corrected chi connectivity index (χ3v) is 4.83. The summed E-state index contributed by atoms with van der Waals surface area (Å²) in [5.74, 6) is 1.24. The molecule has 5 heteroatoms. The van der Waals surface area contributed by atoms with Crippen LogP contribution in [-0.2, 0) is 9.59 Å². The van der Waals surface area contributed by atoms with Crippen molar-refractivity contribution in [1.82, 2.24) is 0 Å². The molecule has 0 saturated heterocycles. The second kappa shape index (κ2) is 7.69. The van der Waals surface area contributed by atoms with Crippen LogP contribution in [0, 0.1) is 5.92 Å². The van der Waals surface area contributed by atoms with Gasteiger partial charge in [0.05, 0.1) is 5.69 Å². The summed E-state index contributed by atoms with van der Waals surface area (Å²) >= 11 is 0. The van der Waals surface area contributed by atoms with Crippen molar-refractivity contribution in [2.45, 2.75) is 51.9 Å². The van der Waals surface area contributed by atoms with Crippen molar-refractivity contribution in [3.8, 4) is 5.75 Å². The van der Waals surface area contributed by atoms with Crippen molar-refractivity contribution in [3.63, 3.8) is 0 Å². The minimum absolute atomic E-state index is 0.0324.